The molecule has 1 N–H and O–H groups in total. The largest absolute Gasteiger partial charge is 0.481 e. The Labute approximate surface area is 67.6 Å². The summed E-state index contributed by atoms with van der Waals surface area (Å²) in [6, 6.07) is 0. The normalized spacial score (nSPS) is 35.3. The fourth-order valence-corrected chi connectivity index (χ4v) is 1.59. The van der Waals surface area contributed by atoms with Gasteiger partial charge in [-0.1, -0.05) is 19.8 Å². The van der Waals surface area contributed by atoms with Crippen LogP contribution in [0.3, 0.4) is 0 Å². The van der Waals surface area contributed by atoms with Crippen LogP contribution in [-0.4, -0.2) is 11.1 Å². The molecule has 0 aromatic rings. The lowest BCUT2D eigenvalue weighted by Crippen LogP contribution is -2.12. The molecular weight excluding hydrogens is 140 g/mol. The van der Waals surface area contributed by atoms with Gasteiger partial charge in [-0.05, 0) is 25.7 Å². The van der Waals surface area contributed by atoms with E-state index in [2.05, 4.69) is 6.92 Å². The Morgan fingerprint density at radius 1 is 1.73 bits per heavy atom. The van der Waals surface area contributed by atoms with Crippen LogP contribution in [0.1, 0.15) is 39.5 Å². The summed E-state index contributed by atoms with van der Waals surface area (Å²) < 4.78 is 0. The number of rotatable bonds is 4. The fraction of sp³-hybridized carbons (Fsp3) is 0.889. The van der Waals surface area contributed by atoms with Crippen LogP contribution in [0.2, 0.25) is 0 Å². The van der Waals surface area contributed by atoms with E-state index in [1.807, 2.05) is 6.92 Å². The van der Waals surface area contributed by atoms with Crippen molar-refractivity contribution in [2.24, 2.45) is 11.3 Å². The molecular formula is C9H16O2. The van der Waals surface area contributed by atoms with Crippen LogP contribution in [0, 0.1) is 11.3 Å². The number of hydrogen-bond acceptors (Lipinski definition) is 1. The van der Waals surface area contributed by atoms with Gasteiger partial charge in [0.1, 0.15) is 0 Å². The lowest BCUT2D eigenvalue weighted by Gasteiger charge is -2.02. The van der Waals surface area contributed by atoms with E-state index >= 15 is 0 Å². The summed E-state index contributed by atoms with van der Waals surface area (Å²) in [4.78, 5) is 10.7. The molecule has 0 aromatic heterocycles. The van der Waals surface area contributed by atoms with Crippen molar-refractivity contribution < 1.29 is 9.90 Å². The number of carboxylic acid groups (broad SMARTS) is 1. The minimum absolute atomic E-state index is 0.366. The van der Waals surface area contributed by atoms with Crippen molar-refractivity contribution in [3.8, 4) is 0 Å². The zero-order valence-electron chi connectivity index (χ0n) is 7.26. The molecule has 1 fully saturated rings. The fourth-order valence-electron chi connectivity index (χ4n) is 1.59. The van der Waals surface area contributed by atoms with Crippen LogP contribution >= 0.6 is 0 Å². The van der Waals surface area contributed by atoms with Crippen molar-refractivity contribution in [3.05, 3.63) is 0 Å². The van der Waals surface area contributed by atoms with E-state index in [0.717, 1.165) is 12.8 Å². The average Bonchev–Trinajstić information content (AvgIpc) is 2.59. The molecule has 0 heterocycles. The molecule has 0 aromatic carbocycles. The first-order chi connectivity index (χ1) is 5.11. The Morgan fingerprint density at radius 2 is 2.36 bits per heavy atom. The predicted molar refractivity (Wildman–Crippen MR) is 43.4 cm³/mol. The molecule has 0 radical (unpaired) electrons. The van der Waals surface area contributed by atoms with Crippen molar-refractivity contribution in [1.29, 1.82) is 0 Å². The Bertz CT molecular complexity index is 165. The number of carboxylic acids is 1. The van der Waals surface area contributed by atoms with Gasteiger partial charge in [0.2, 0.25) is 0 Å². The van der Waals surface area contributed by atoms with Gasteiger partial charge in [-0.15, -0.1) is 0 Å². The van der Waals surface area contributed by atoms with Gasteiger partial charge in [0.05, 0.1) is 5.41 Å². The SMILES string of the molecule is CCCCC1CC1(C)C(=O)O. The Kier molecular flexibility index (Phi) is 2.21. The highest BCUT2D eigenvalue weighted by molar-refractivity contribution is 5.77. The number of carbonyl (C=O) groups is 1. The lowest BCUT2D eigenvalue weighted by molar-refractivity contribution is -0.143. The molecule has 1 rings (SSSR count). The van der Waals surface area contributed by atoms with Crippen molar-refractivity contribution in [2.75, 3.05) is 0 Å². The first-order valence-corrected chi connectivity index (χ1v) is 4.34. The van der Waals surface area contributed by atoms with Crippen LogP contribution < -0.4 is 0 Å². The third-order valence-corrected chi connectivity index (χ3v) is 2.81. The maximum atomic E-state index is 10.7. The highest BCUT2D eigenvalue weighted by Crippen LogP contribution is 2.54. The van der Waals surface area contributed by atoms with E-state index in [9.17, 15) is 4.79 Å². The molecule has 1 aliphatic carbocycles. The predicted octanol–water partition coefficient (Wildman–Crippen LogP) is 2.29. The highest BCUT2D eigenvalue weighted by atomic mass is 16.4. The second-order valence-corrected chi connectivity index (χ2v) is 3.77. The summed E-state index contributed by atoms with van der Waals surface area (Å²) in [5, 5.41) is 8.78. The Balaban J connectivity index is 2.29. The van der Waals surface area contributed by atoms with Crippen LogP contribution in [0.25, 0.3) is 0 Å². The molecule has 1 saturated carbocycles. The van der Waals surface area contributed by atoms with Gasteiger partial charge < -0.3 is 5.11 Å². The first-order valence-electron chi connectivity index (χ1n) is 4.34. The summed E-state index contributed by atoms with van der Waals surface area (Å²) in [6.45, 7) is 4.00. The number of aliphatic carboxylic acids is 1. The van der Waals surface area contributed by atoms with Crippen molar-refractivity contribution >= 4 is 5.97 Å². The molecule has 1 aliphatic rings. The molecule has 11 heavy (non-hydrogen) atoms. The molecule has 2 unspecified atom stereocenters. The highest BCUT2D eigenvalue weighted by Gasteiger charge is 2.55. The van der Waals surface area contributed by atoms with Crippen molar-refractivity contribution in [2.45, 2.75) is 39.5 Å². The summed E-state index contributed by atoms with van der Waals surface area (Å²) >= 11 is 0. The minimum Gasteiger partial charge on any atom is -0.481 e. The van der Waals surface area contributed by atoms with Gasteiger partial charge in [0.25, 0.3) is 0 Å². The van der Waals surface area contributed by atoms with E-state index in [0.29, 0.717) is 5.92 Å². The molecule has 2 heteroatoms. The second-order valence-electron chi connectivity index (χ2n) is 3.77. The van der Waals surface area contributed by atoms with E-state index < -0.39 is 5.97 Å². The Hall–Kier alpha value is -0.530. The maximum absolute atomic E-state index is 10.7. The third kappa shape index (κ3) is 1.55. The van der Waals surface area contributed by atoms with E-state index in [-0.39, 0.29) is 5.41 Å². The van der Waals surface area contributed by atoms with Crippen LogP contribution in [0.4, 0.5) is 0 Å². The Morgan fingerprint density at radius 3 is 2.73 bits per heavy atom. The minimum atomic E-state index is -0.612. The van der Waals surface area contributed by atoms with Gasteiger partial charge in [0, 0.05) is 0 Å². The standard InChI is InChI=1S/C9H16O2/c1-3-4-5-7-6-9(7,2)8(10)11/h7H,3-6H2,1-2H3,(H,10,11). The van der Waals surface area contributed by atoms with Crippen molar-refractivity contribution in [1.82, 2.24) is 0 Å². The number of unbranched alkanes of at least 4 members (excludes halogenated alkanes) is 1. The van der Waals surface area contributed by atoms with E-state index in [1.165, 1.54) is 12.8 Å². The molecule has 0 bridgehead atoms. The zero-order valence-corrected chi connectivity index (χ0v) is 7.26. The van der Waals surface area contributed by atoms with Gasteiger partial charge >= 0.3 is 5.97 Å². The smallest absolute Gasteiger partial charge is 0.309 e. The molecule has 0 aliphatic heterocycles. The van der Waals surface area contributed by atoms with Gasteiger partial charge in [-0.3, -0.25) is 4.79 Å². The van der Waals surface area contributed by atoms with Crippen LogP contribution in [0.15, 0.2) is 0 Å². The molecule has 0 saturated heterocycles. The zero-order chi connectivity index (χ0) is 8.48. The summed E-state index contributed by atoms with van der Waals surface area (Å²) in [7, 11) is 0. The quantitative estimate of drug-likeness (QED) is 0.678. The average molecular weight is 156 g/mol. The number of hydrogen-bond donors (Lipinski definition) is 1. The van der Waals surface area contributed by atoms with E-state index in [1.54, 1.807) is 0 Å². The van der Waals surface area contributed by atoms with Gasteiger partial charge in [0.15, 0.2) is 0 Å². The van der Waals surface area contributed by atoms with Gasteiger partial charge in [-0.2, -0.15) is 0 Å². The molecule has 0 amide bonds. The van der Waals surface area contributed by atoms with Crippen molar-refractivity contribution in [3.63, 3.8) is 0 Å². The summed E-state index contributed by atoms with van der Waals surface area (Å²) in [5.41, 5.74) is -0.366. The second kappa shape index (κ2) is 2.84. The molecule has 2 atom stereocenters. The first kappa shape index (κ1) is 8.57. The molecule has 0 spiro atoms. The lowest BCUT2D eigenvalue weighted by atomic mass is 10.0. The molecule has 2 nitrogen and oxygen atoms in total. The third-order valence-electron chi connectivity index (χ3n) is 2.81. The summed E-state index contributed by atoms with van der Waals surface area (Å²) in [6.07, 6.45) is 4.33. The monoisotopic (exact) mass is 156 g/mol. The summed E-state index contributed by atoms with van der Waals surface area (Å²) in [5.74, 6) is -0.154. The van der Waals surface area contributed by atoms with Gasteiger partial charge in [-0.25, -0.2) is 0 Å². The van der Waals surface area contributed by atoms with Crippen LogP contribution in [0.5, 0.6) is 0 Å². The maximum Gasteiger partial charge on any atom is 0.309 e. The molecule has 64 valence electrons. The van der Waals surface area contributed by atoms with E-state index in [4.69, 9.17) is 5.11 Å². The topological polar surface area (TPSA) is 37.3 Å². The van der Waals surface area contributed by atoms with Crippen LogP contribution in [-0.2, 0) is 4.79 Å².